The monoisotopic (exact) mass is 392 g/mol. The van der Waals surface area contributed by atoms with Crippen LogP contribution in [0.2, 0.25) is 0 Å². The van der Waals surface area contributed by atoms with Crippen molar-refractivity contribution in [1.29, 1.82) is 0 Å². The molecule has 0 bridgehead atoms. The van der Waals surface area contributed by atoms with Gasteiger partial charge in [0.2, 0.25) is 5.88 Å². The fourth-order valence-corrected chi connectivity index (χ4v) is 6.09. The summed E-state index contributed by atoms with van der Waals surface area (Å²) < 4.78 is 32.5. The van der Waals surface area contributed by atoms with E-state index in [1.165, 1.54) is 23.0 Å². The summed E-state index contributed by atoms with van der Waals surface area (Å²) in [5.74, 6) is -0.624. The lowest BCUT2D eigenvalue weighted by atomic mass is 9.80. The summed E-state index contributed by atoms with van der Waals surface area (Å²) in [5, 5.41) is 14.2. The lowest BCUT2D eigenvalue weighted by Crippen LogP contribution is -2.38. The highest BCUT2D eigenvalue weighted by Crippen LogP contribution is 2.47. The Morgan fingerprint density at radius 3 is 2.59 bits per heavy atom. The molecule has 0 radical (unpaired) electrons. The molecular formula is C19H24N2O5S. The number of hydrogen-bond acceptors (Lipinski definition) is 6. The average molecular weight is 392 g/mol. The Bertz CT molecular complexity index is 1020. The van der Waals surface area contributed by atoms with Crippen LogP contribution in [0, 0.1) is 12.3 Å². The maximum absolute atomic E-state index is 13.0. The van der Waals surface area contributed by atoms with Crippen molar-refractivity contribution in [1.82, 2.24) is 9.78 Å². The van der Waals surface area contributed by atoms with E-state index in [4.69, 9.17) is 4.74 Å². The van der Waals surface area contributed by atoms with Gasteiger partial charge in [0.15, 0.2) is 15.6 Å². The Kier molecular flexibility index (Phi) is 4.68. The van der Waals surface area contributed by atoms with E-state index < -0.39 is 27.1 Å². The molecule has 0 amide bonds. The van der Waals surface area contributed by atoms with Crippen molar-refractivity contribution >= 4 is 15.6 Å². The van der Waals surface area contributed by atoms with E-state index in [-0.39, 0.29) is 22.1 Å². The van der Waals surface area contributed by atoms with Gasteiger partial charge >= 0.3 is 0 Å². The van der Waals surface area contributed by atoms with Gasteiger partial charge in [-0.1, -0.05) is 13.8 Å². The molecule has 1 aliphatic rings. The molecule has 8 heteroatoms. The summed E-state index contributed by atoms with van der Waals surface area (Å²) in [6.07, 6.45) is 0.866. The number of aromatic hydroxyl groups is 1. The van der Waals surface area contributed by atoms with Crippen molar-refractivity contribution in [2.24, 2.45) is 5.41 Å². The predicted molar refractivity (Wildman–Crippen MR) is 99.8 cm³/mol. The smallest absolute Gasteiger partial charge is 0.220 e. The molecule has 3 rings (SSSR count). The number of ketones is 1. The minimum atomic E-state index is -3.49. The molecular weight excluding hydrogens is 368 g/mol. The number of methoxy groups -OCH3 is 1. The highest BCUT2D eigenvalue weighted by atomic mass is 32.2. The summed E-state index contributed by atoms with van der Waals surface area (Å²) in [4.78, 5) is 13.2. The first-order valence-corrected chi connectivity index (χ1v) is 10.4. The molecule has 1 unspecified atom stereocenters. The van der Waals surface area contributed by atoms with Gasteiger partial charge in [-0.3, -0.25) is 4.79 Å². The van der Waals surface area contributed by atoms with E-state index in [0.717, 1.165) is 0 Å². The molecule has 0 fully saturated rings. The van der Waals surface area contributed by atoms with Gasteiger partial charge in [0.1, 0.15) is 5.56 Å². The summed E-state index contributed by atoms with van der Waals surface area (Å²) >= 11 is 0. The zero-order valence-electron chi connectivity index (χ0n) is 16.1. The summed E-state index contributed by atoms with van der Waals surface area (Å²) in [7, 11) is -1.95. The van der Waals surface area contributed by atoms with Crippen molar-refractivity contribution in [2.75, 3.05) is 12.9 Å². The first-order valence-electron chi connectivity index (χ1n) is 8.73. The van der Waals surface area contributed by atoms with Crippen molar-refractivity contribution in [3.8, 4) is 5.88 Å². The minimum Gasteiger partial charge on any atom is -0.493 e. The average Bonchev–Trinajstić information content (AvgIpc) is 2.94. The van der Waals surface area contributed by atoms with Gasteiger partial charge in [0.25, 0.3) is 0 Å². The Morgan fingerprint density at radius 1 is 1.37 bits per heavy atom. The SMILES string of the molecule is CCn1ncc(C(=O)c2ccc3c(c2C)C(OC)C(C)(C)CS3(=O)=O)c1O. The molecule has 1 aromatic heterocycles. The number of aromatic nitrogens is 2. The van der Waals surface area contributed by atoms with Crippen LogP contribution in [-0.4, -0.2) is 42.0 Å². The number of benzene rings is 1. The van der Waals surface area contributed by atoms with Gasteiger partial charge in [0.05, 0.1) is 22.9 Å². The summed E-state index contributed by atoms with van der Waals surface area (Å²) in [6, 6.07) is 2.97. The number of fused-ring (bicyclic) bond motifs is 1. The number of aryl methyl sites for hydroxylation is 1. The summed E-state index contributed by atoms with van der Waals surface area (Å²) in [6.45, 7) is 7.64. The number of rotatable bonds is 4. The second-order valence-electron chi connectivity index (χ2n) is 7.54. The van der Waals surface area contributed by atoms with Crippen LogP contribution in [0.4, 0.5) is 0 Å². The molecule has 27 heavy (non-hydrogen) atoms. The molecule has 1 N–H and O–H groups in total. The van der Waals surface area contributed by atoms with Gasteiger partial charge in [-0.15, -0.1) is 0 Å². The molecule has 1 atom stereocenters. The third-order valence-electron chi connectivity index (χ3n) is 5.18. The van der Waals surface area contributed by atoms with Crippen molar-refractivity contribution in [3.63, 3.8) is 0 Å². The Hall–Kier alpha value is -2.19. The second-order valence-corrected chi connectivity index (χ2v) is 9.50. The zero-order chi connectivity index (χ0) is 20.1. The number of carbonyl (C=O) groups excluding carboxylic acids is 1. The quantitative estimate of drug-likeness (QED) is 0.803. The van der Waals surface area contributed by atoms with Crippen molar-refractivity contribution < 1.29 is 23.1 Å². The lowest BCUT2D eigenvalue weighted by molar-refractivity contribution is 0.0115. The van der Waals surface area contributed by atoms with Crippen LogP contribution in [-0.2, 0) is 21.1 Å². The maximum atomic E-state index is 13.0. The molecule has 1 aromatic carbocycles. The van der Waals surface area contributed by atoms with Gasteiger partial charge in [0, 0.05) is 30.2 Å². The predicted octanol–water partition coefficient (Wildman–Crippen LogP) is 2.65. The first kappa shape index (κ1) is 19.6. The fraction of sp³-hybridized carbons (Fsp3) is 0.474. The third-order valence-corrected chi connectivity index (χ3v) is 7.33. The van der Waals surface area contributed by atoms with E-state index >= 15 is 0 Å². The number of ether oxygens (including phenoxy) is 1. The molecule has 0 saturated heterocycles. The van der Waals surface area contributed by atoms with Crippen LogP contribution in [0.3, 0.4) is 0 Å². The van der Waals surface area contributed by atoms with Gasteiger partial charge < -0.3 is 9.84 Å². The number of sulfone groups is 1. The lowest BCUT2D eigenvalue weighted by Gasteiger charge is -2.39. The highest BCUT2D eigenvalue weighted by molar-refractivity contribution is 7.91. The number of nitrogens with zero attached hydrogens (tertiary/aromatic N) is 2. The van der Waals surface area contributed by atoms with Crippen molar-refractivity contribution in [2.45, 2.75) is 45.2 Å². The number of hydrogen-bond donors (Lipinski definition) is 1. The standard InChI is InChI=1S/C19H24N2O5S/c1-6-21-18(23)13(9-20-21)16(22)12-7-8-14-15(11(12)2)17(26-5)19(3,4)10-27(14,24)25/h7-9,17,23H,6,10H2,1-5H3. The van der Waals surface area contributed by atoms with Crippen LogP contribution in [0.5, 0.6) is 5.88 Å². The molecule has 7 nitrogen and oxygen atoms in total. The van der Waals surface area contributed by atoms with Crippen LogP contribution in [0.25, 0.3) is 0 Å². The summed E-state index contributed by atoms with van der Waals surface area (Å²) in [5.41, 5.74) is 0.843. The molecule has 146 valence electrons. The van der Waals surface area contributed by atoms with E-state index in [1.54, 1.807) is 21.0 Å². The van der Waals surface area contributed by atoms with E-state index in [9.17, 15) is 18.3 Å². The molecule has 0 aliphatic carbocycles. The van der Waals surface area contributed by atoms with Crippen LogP contribution < -0.4 is 0 Å². The Labute approximate surface area is 158 Å². The molecule has 0 spiro atoms. The van der Waals surface area contributed by atoms with E-state index in [1.807, 2.05) is 13.8 Å². The third kappa shape index (κ3) is 2.96. The van der Waals surface area contributed by atoms with E-state index in [0.29, 0.717) is 23.2 Å². The van der Waals surface area contributed by atoms with Crippen LogP contribution >= 0.6 is 0 Å². The molecule has 2 aromatic rings. The largest absolute Gasteiger partial charge is 0.493 e. The minimum absolute atomic E-state index is 0.0255. The normalized spacial score (nSPS) is 20.3. The van der Waals surface area contributed by atoms with Gasteiger partial charge in [-0.25, -0.2) is 13.1 Å². The maximum Gasteiger partial charge on any atom is 0.220 e. The number of carbonyl (C=O) groups is 1. The topological polar surface area (TPSA) is 98.5 Å². The van der Waals surface area contributed by atoms with Crippen LogP contribution in [0.1, 0.15) is 53.9 Å². The first-order chi connectivity index (χ1) is 12.5. The van der Waals surface area contributed by atoms with Crippen LogP contribution in [0.15, 0.2) is 23.2 Å². The second kappa shape index (κ2) is 6.45. The van der Waals surface area contributed by atoms with Gasteiger partial charge in [-0.2, -0.15) is 5.10 Å². The van der Waals surface area contributed by atoms with E-state index in [2.05, 4.69) is 5.10 Å². The van der Waals surface area contributed by atoms with Gasteiger partial charge in [-0.05, 0) is 31.5 Å². The molecule has 1 aliphatic heterocycles. The Morgan fingerprint density at radius 2 is 2.04 bits per heavy atom. The van der Waals surface area contributed by atoms with Crippen molar-refractivity contribution in [3.05, 3.63) is 40.6 Å². The molecule has 0 saturated carbocycles. The molecule has 2 heterocycles. The Balaban J connectivity index is 2.22. The zero-order valence-corrected chi connectivity index (χ0v) is 16.9. The fourth-order valence-electron chi connectivity index (χ4n) is 3.93. The highest BCUT2D eigenvalue weighted by Gasteiger charge is 2.45.